The molecule has 1 aliphatic heterocycles. The van der Waals surface area contributed by atoms with Crippen molar-refractivity contribution in [1.82, 2.24) is 0 Å². The Morgan fingerprint density at radius 3 is 2.30 bits per heavy atom. The molecule has 1 aliphatic rings. The van der Waals surface area contributed by atoms with Crippen molar-refractivity contribution >= 4 is 0 Å². The molecule has 0 amide bonds. The van der Waals surface area contributed by atoms with Gasteiger partial charge in [0.05, 0.1) is 6.61 Å². The first kappa shape index (κ1) is 22.0. The summed E-state index contributed by atoms with van der Waals surface area (Å²) in [5.41, 5.74) is 1.36. The summed E-state index contributed by atoms with van der Waals surface area (Å²) in [6, 6.07) is 8.58. The lowest BCUT2D eigenvalue weighted by Gasteiger charge is -2.10. The van der Waals surface area contributed by atoms with Gasteiger partial charge in [-0.2, -0.15) is 0 Å². The third kappa shape index (κ3) is 10.6. The number of hydrogen-bond acceptors (Lipinski definition) is 2. The van der Waals surface area contributed by atoms with Crippen LogP contribution in [0.4, 0.5) is 0 Å². The lowest BCUT2D eigenvalue weighted by molar-refractivity contribution is 0.202. The van der Waals surface area contributed by atoms with E-state index >= 15 is 0 Å². The van der Waals surface area contributed by atoms with Crippen molar-refractivity contribution in [3.05, 3.63) is 42.0 Å². The normalized spacial score (nSPS) is 18.9. The van der Waals surface area contributed by atoms with Crippen molar-refractivity contribution in [3.63, 3.8) is 0 Å². The van der Waals surface area contributed by atoms with Crippen molar-refractivity contribution in [1.29, 1.82) is 0 Å². The monoisotopic (exact) mass is 372 g/mol. The summed E-state index contributed by atoms with van der Waals surface area (Å²) in [7, 11) is 0. The fourth-order valence-corrected chi connectivity index (χ4v) is 3.35. The van der Waals surface area contributed by atoms with Gasteiger partial charge in [-0.15, -0.1) is 0 Å². The van der Waals surface area contributed by atoms with Gasteiger partial charge in [0, 0.05) is 0 Å². The quantitative estimate of drug-likeness (QED) is 0.173. The van der Waals surface area contributed by atoms with Gasteiger partial charge in [-0.25, -0.2) is 0 Å². The van der Waals surface area contributed by atoms with Crippen LogP contribution in [0, 0.1) is 0 Å². The predicted molar refractivity (Wildman–Crippen MR) is 116 cm³/mol. The van der Waals surface area contributed by atoms with Gasteiger partial charge >= 0.3 is 0 Å². The first-order valence-electron chi connectivity index (χ1n) is 11.2. The van der Waals surface area contributed by atoms with E-state index in [4.69, 9.17) is 9.47 Å². The minimum atomic E-state index is -0.0396. The molecule has 1 saturated heterocycles. The molecule has 2 rings (SSSR count). The van der Waals surface area contributed by atoms with Crippen LogP contribution in [-0.4, -0.2) is 18.8 Å². The molecule has 1 atom stereocenters. The van der Waals surface area contributed by atoms with Crippen LogP contribution in [0.25, 0.3) is 0 Å². The van der Waals surface area contributed by atoms with Crippen molar-refractivity contribution in [2.24, 2.45) is 0 Å². The van der Waals surface area contributed by atoms with E-state index in [1.165, 1.54) is 76.2 Å². The average molecular weight is 373 g/mol. The van der Waals surface area contributed by atoms with E-state index in [0.29, 0.717) is 6.61 Å². The van der Waals surface area contributed by atoms with E-state index < -0.39 is 0 Å². The van der Waals surface area contributed by atoms with Gasteiger partial charge in [0.15, 0.2) is 0 Å². The molecule has 152 valence electrons. The number of epoxide rings is 1. The molecule has 2 heteroatoms. The topological polar surface area (TPSA) is 21.8 Å². The Balaban J connectivity index is 1.42. The van der Waals surface area contributed by atoms with Gasteiger partial charge in [0.2, 0.25) is 0 Å². The minimum absolute atomic E-state index is 0.0396. The molecular weight excluding hydrogens is 332 g/mol. The standard InChI is InChI=1S/C25H40O2/c1-3-4-5-6-7-8-9-10-11-12-13-14-15-17-23-18-16-19-24(20-23)26-21-25(2)22-27-25/h4-5,16,18-20H,3,6-15,17,21-22H2,1-2H3/b5-4+. The predicted octanol–water partition coefficient (Wildman–Crippen LogP) is 7.26. The van der Waals surface area contributed by atoms with Crippen molar-refractivity contribution < 1.29 is 9.47 Å². The SMILES string of the molecule is CC/C=C/CCCCCCCCCCCc1cccc(OCC2(C)CO2)c1. The molecule has 0 spiro atoms. The average Bonchev–Trinajstić information content (AvgIpc) is 3.42. The molecule has 1 aromatic rings. The fourth-order valence-electron chi connectivity index (χ4n) is 3.35. The van der Waals surface area contributed by atoms with Crippen molar-refractivity contribution in [2.45, 2.75) is 96.5 Å². The highest BCUT2D eigenvalue weighted by atomic mass is 16.6. The Bertz CT molecular complexity index is 531. The lowest BCUT2D eigenvalue weighted by atomic mass is 10.0. The van der Waals surface area contributed by atoms with Crippen LogP contribution in [0.2, 0.25) is 0 Å². The number of hydrogen-bond donors (Lipinski definition) is 0. The molecule has 1 heterocycles. The van der Waals surface area contributed by atoms with E-state index in [1.54, 1.807) is 0 Å². The molecular formula is C25H40O2. The number of unbranched alkanes of at least 4 members (excludes halogenated alkanes) is 9. The lowest BCUT2D eigenvalue weighted by Crippen LogP contribution is -2.16. The Hall–Kier alpha value is -1.28. The molecule has 1 fully saturated rings. The Morgan fingerprint density at radius 1 is 0.963 bits per heavy atom. The summed E-state index contributed by atoms with van der Waals surface area (Å²) >= 11 is 0. The van der Waals surface area contributed by atoms with E-state index in [-0.39, 0.29) is 5.60 Å². The number of rotatable bonds is 16. The zero-order valence-electron chi connectivity index (χ0n) is 17.7. The van der Waals surface area contributed by atoms with Crippen molar-refractivity contribution in [2.75, 3.05) is 13.2 Å². The number of aryl methyl sites for hydroxylation is 1. The van der Waals surface area contributed by atoms with Gasteiger partial charge in [0.1, 0.15) is 18.0 Å². The van der Waals surface area contributed by atoms with Gasteiger partial charge in [-0.1, -0.05) is 76.2 Å². The maximum absolute atomic E-state index is 5.86. The second-order valence-corrected chi connectivity index (χ2v) is 8.27. The van der Waals surface area contributed by atoms with Gasteiger partial charge < -0.3 is 9.47 Å². The Morgan fingerprint density at radius 2 is 1.63 bits per heavy atom. The van der Waals surface area contributed by atoms with Crippen LogP contribution >= 0.6 is 0 Å². The molecule has 1 aromatic carbocycles. The molecule has 27 heavy (non-hydrogen) atoms. The van der Waals surface area contributed by atoms with Crippen LogP contribution in [0.15, 0.2) is 36.4 Å². The number of allylic oxidation sites excluding steroid dienone is 2. The molecule has 0 radical (unpaired) electrons. The Kier molecular flexibility index (Phi) is 10.6. The van der Waals surface area contributed by atoms with E-state index in [2.05, 4.69) is 50.3 Å². The Labute approximate surface area is 167 Å². The molecule has 0 saturated carbocycles. The largest absolute Gasteiger partial charge is 0.490 e. The van der Waals surface area contributed by atoms with E-state index in [1.807, 2.05) is 0 Å². The van der Waals surface area contributed by atoms with Gasteiger partial charge in [-0.3, -0.25) is 0 Å². The first-order valence-corrected chi connectivity index (χ1v) is 11.2. The summed E-state index contributed by atoms with van der Waals surface area (Å²) in [6.07, 6.45) is 20.7. The number of ether oxygens (including phenoxy) is 2. The second kappa shape index (κ2) is 13.0. The van der Waals surface area contributed by atoms with Gasteiger partial charge in [-0.05, 0) is 56.7 Å². The summed E-state index contributed by atoms with van der Waals surface area (Å²) < 4.78 is 11.2. The van der Waals surface area contributed by atoms with E-state index in [0.717, 1.165) is 18.8 Å². The van der Waals surface area contributed by atoms with Crippen LogP contribution in [0.1, 0.15) is 90.0 Å². The summed E-state index contributed by atoms with van der Waals surface area (Å²) in [4.78, 5) is 0. The zero-order chi connectivity index (χ0) is 19.2. The molecule has 0 aromatic heterocycles. The maximum atomic E-state index is 5.86. The number of benzene rings is 1. The maximum Gasteiger partial charge on any atom is 0.123 e. The third-order valence-corrected chi connectivity index (χ3v) is 5.32. The van der Waals surface area contributed by atoms with Crippen LogP contribution in [-0.2, 0) is 11.2 Å². The van der Waals surface area contributed by atoms with Crippen molar-refractivity contribution in [3.8, 4) is 5.75 Å². The van der Waals surface area contributed by atoms with Crippen LogP contribution < -0.4 is 4.74 Å². The highest BCUT2D eigenvalue weighted by molar-refractivity contribution is 5.28. The molecule has 0 bridgehead atoms. The minimum Gasteiger partial charge on any atom is -0.490 e. The molecule has 0 N–H and O–H groups in total. The van der Waals surface area contributed by atoms with E-state index in [9.17, 15) is 0 Å². The summed E-state index contributed by atoms with van der Waals surface area (Å²) in [6.45, 7) is 5.78. The van der Waals surface area contributed by atoms with Crippen LogP contribution in [0.5, 0.6) is 5.75 Å². The van der Waals surface area contributed by atoms with Crippen LogP contribution in [0.3, 0.4) is 0 Å². The zero-order valence-corrected chi connectivity index (χ0v) is 17.7. The highest BCUT2D eigenvalue weighted by Gasteiger charge is 2.40. The molecule has 1 unspecified atom stereocenters. The third-order valence-electron chi connectivity index (χ3n) is 5.32. The molecule has 2 nitrogen and oxygen atoms in total. The summed E-state index contributed by atoms with van der Waals surface area (Å²) in [5.74, 6) is 0.981. The molecule has 0 aliphatic carbocycles. The second-order valence-electron chi connectivity index (χ2n) is 8.27. The smallest absolute Gasteiger partial charge is 0.123 e. The van der Waals surface area contributed by atoms with Gasteiger partial charge in [0.25, 0.3) is 0 Å². The highest BCUT2D eigenvalue weighted by Crippen LogP contribution is 2.27. The first-order chi connectivity index (χ1) is 13.2. The fraction of sp³-hybridized carbons (Fsp3) is 0.680. The summed E-state index contributed by atoms with van der Waals surface area (Å²) in [5, 5.41) is 0.